The molecule has 2 N–H and O–H groups in total. The van der Waals surface area contributed by atoms with E-state index in [1.807, 2.05) is 11.3 Å². The lowest BCUT2D eigenvalue weighted by Crippen LogP contribution is -2.31. The highest BCUT2D eigenvalue weighted by atomic mass is 32.1. The summed E-state index contributed by atoms with van der Waals surface area (Å²) in [4.78, 5) is 4.04. The Morgan fingerprint density at radius 1 is 1.28 bits per heavy atom. The van der Waals surface area contributed by atoms with E-state index in [0.29, 0.717) is 6.04 Å². The van der Waals surface area contributed by atoms with Gasteiger partial charge in [-0.05, 0) is 63.6 Å². The lowest BCUT2D eigenvalue weighted by atomic mass is 10.0. The fraction of sp³-hybridized carbons (Fsp3) is 0.733. The van der Waals surface area contributed by atoms with Crippen molar-refractivity contribution in [2.45, 2.75) is 52.6 Å². The van der Waals surface area contributed by atoms with E-state index < -0.39 is 0 Å². The Hall–Kier alpha value is -0.380. The van der Waals surface area contributed by atoms with Crippen molar-refractivity contribution in [2.24, 2.45) is 11.7 Å². The largest absolute Gasteiger partial charge is 0.330 e. The molecule has 1 aromatic heterocycles. The first-order valence-corrected chi connectivity index (χ1v) is 7.98. The minimum Gasteiger partial charge on any atom is -0.330 e. The van der Waals surface area contributed by atoms with Crippen molar-refractivity contribution in [1.82, 2.24) is 4.90 Å². The summed E-state index contributed by atoms with van der Waals surface area (Å²) >= 11 is 1.86. The van der Waals surface area contributed by atoms with Crippen molar-refractivity contribution >= 4 is 11.3 Å². The van der Waals surface area contributed by atoms with Crippen LogP contribution in [0.2, 0.25) is 0 Å². The maximum Gasteiger partial charge on any atom is 0.0330 e. The van der Waals surface area contributed by atoms with Gasteiger partial charge in [0, 0.05) is 17.5 Å². The molecule has 18 heavy (non-hydrogen) atoms. The zero-order chi connectivity index (χ0) is 13.4. The molecule has 1 heterocycles. The number of nitrogens with two attached hydrogens (primary N) is 1. The zero-order valence-corrected chi connectivity index (χ0v) is 12.9. The molecule has 0 radical (unpaired) electrons. The van der Waals surface area contributed by atoms with Gasteiger partial charge in [-0.15, -0.1) is 11.3 Å². The first-order chi connectivity index (χ1) is 8.63. The lowest BCUT2D eigenvalue weighted by molar-refractivity contribution is 0.206. The van der Waals surface area contributed by atoms with Crippen molar-refractivity contribution in [3.63, 3.8) is 0 Å². The van der Waals surface area contributed by atoms with Crippen LogP contribution in [-0.2, 0) is 6.54 Å². The monoisotopic (exact) mass is 268 g/mol. The van der Waals surface area contributed by atoms with Gasteiger partial charge < -0.3 is 5.73 Å². The highest BCUT2D eigenvalue weighted by Gasteiger charge is 2.11. The van der Waals surface area contributed by atoms with Gasteiger partial charge >= 0.3 is 0 Å². The standard InChI is InChI=1S/C15H28N2S/c1-13(2)17(12-15-7-5-11-18-15)10-4-6-14(3)8-9-16/h5,7,11,13-14H,4,6,8-10,12,16H2,1-3H3. The summed E-state index contributed by atoms with van der Waals surface area (Å²) in [5.41, 5.74) is 5.59. The molecule has 2 nitrogen and oxygen atoms in total. The second-order valence-electron chi connectivity index (χ2n) is 5.47. The number of rotatable bonds is 9. The Labute approximate surface area is 116 Å². The third kappa shape index (κ3) is 5.98. The molecule has 0 spiro atoms. The van der Waals surface area contributed by atoms with Crippen LogP contribution in [0.1, 0.15) is 44.9 Å². The summed E-state index contributed by atoms with van der Waals surface area (Å²) in [7, 11) is 0. The van der Waals surface area contributed by atoms with Crippen LogP contribution >= 0.6 is 11.3 Å². The normalized spacial score (nSPS) is 13.4. The van der Waals surface area contributed by atoms with Crippen LogP contribution in [0.15, 0.2) is 17.5 Å². The Morgan fingerprint density at radius 2 is 2.06 bits per heavy atom. The third-order valence-electron chi connectivity index (χ3n) is 3.47. The summed E-state index contributed by atoms with van der Waals surface area (Å²) in [6.07, 6.45) is 3.74. The molecule has 0 fully saturated rings. The molecular formula is C15H28N2S. The molecule has 0 amide bonds. The van der Waals surface area contributed by atoms with Crippen LogP contribution in [0.4, 0.5) is 0 Å². The van der Waals surface area contributed by atoms with Crippen LogP contribution in [0.5, 0.6) is 0 Å². The van der Waals surface area contributed by atoms with Crippen molar-refractivity contribution in [1.29, 1.82) is 0 Å². The molecule has 1 aromatic rings. The second kappa shape index (κ2) is 8.68. The molecule has 1 unspecified atom stereocenters. The molecule has 0 aromatic carbocycles. The summed E-state index contributed by atoms with van der Waals surface area (Å²) in [6.45, 7) is 10.0. The van der Waals surface area contributed by atoms with Crippen LogP contribution in [0.25, 0.3) is 0 Å². The number of hydrogen-bond donors (Lipinski definition) is 1. The third-order valence-corrected chi connectivity index (χ3v) is 4.33. The maximum atomic E-state index is 5.59. The number of thiophene rings is 1. The summed E-state index contributed by atoms with van der Waals surface area (Å²) in [5, 5.41) is 2.16. The molecule has 0 saturated heterocycles. The predicted octanol–water partition coefficient (Wildman–Crippen LogP) is 3.72. The van der Waals surface area contributed by atoms with Crippen LogP contribution in [-0.4, -0.2) is 24.0 Å². The fourth-order valence-electron chi connectivity index (χ4n) is 2.19. The van der Waals surface area contributed by atoms with Crippen LogP contribution in [0.3, 0.4) is 0 Å². The maximum absolute atomic E-state index is 5.59. The Bertz CT molecular complexity index is 295. The van der Waals surface area contributed by atoms with Gasteiger partial charge in [-0.25, -0.2) is 0 Å². The molecule has 0 bridgehead atoms. The van der Waals surface area contributed by atoms with Gasteiger partial charge in [-0.3, -0.25) is 4.90 Å². The summed E-state index contributed by atoms with van der Waals surface area (Å²) in [6, 6.07) is 5.00. The van der Waals surface area contributed by atoms with Gasteiger partial charge in [-0.1, -0.05) is 13.0 Å². The van der Waals surface area contributed by atoms with E-state index >= 15 is 0 Å². The average Bonchev–Trinajstić information content (AvgIpc) is 2.80. The van der Waals surface area contributed by atoms with Gasteiger partial charge in [0.2, 0.25) is 0 Å². The van der Waals surface area contributed by atoms with Gasteiger partial charge in [-0.2, -0.15) is 0 Å². The molecule has 0 saturated carbocycles. The first-order valence-electron chi connectivity index (χ1n) is 7.10. The molecule has 0 aliphatic heterocycles. The van der Waals surface area contributed by atoms with E-state index in [1.54, 1.807) is 0 Å². The topological polar surface area (TPSA) is 29.3 Å². The molecule has 3 heteroatoms. The summed E-state index contributed by atoms with van der Waals surface area (Å²) in [5.74, 6) is 0.769. The molecular weight excluding hydrogens is 240 g/mol. The van der Waals surface area contributed by atoms with Gasteiger partial charge in [0.05, 0.1) is 0 Å². The van der Waals surface area contributed by atoms with Crippen molar-refractivity contribution in [3.8, 4) is 0 Å². The Kier molecular flexibility index (Phi) is 7.56. The van der Waals surface area contributed by atoms with E-state index in [0.717, 1.165) is 25.4 Å². The molecule has 0 aliphatic carbocycles. The molecule has 1 rings (SSSR count). The minimum atomic E-state index is 0.622. The average molecular weight is 268 g/mol. The van der Waals surface area contributed by atoms with Gasteiger partial charge in [0.25, 0.3) is 0 Å². The predicted molar refractivity (Wildman–Crippen MR) is 81.9 cm³/mol. The zero-order valence-electron chi connectivity index (χ0n) is 12.1. The Morgan fingerprint density at radius 3 is 2.61 bits per heavy atom. The Balaban J connectivity index is 2.30. The summed E-state index contributed by atoms with van der Waals surface area (Å²) < 4.78 is 0. The smallest absolute Gasteiger partial charge is 0.0330 e. The van der Waals surface area contributed by atoms with E-state index in [2.05, 4.69) is 43.2 Å². The first kappa shape index (κ1) is 15.7. The van der Waals surface area contributed by atoms with E-state index in [4.69, 9.17) is 5.73 Å². The highest BCUT2D eigenvalue weighted by Crippen LogP contribution is 2.16. The van der Waals surface area contributed by atoms with Crippen LogP contribution < -0.4 is 5.73 Å². The second-order valence-corrected chi connectivity index (χ2v) is 6.50. The van der Waals surface area contributed by atoms with E-state index in [9.17, 15) is 0 Å². The van der Waals surface area contributed by atoms with E-state index in [1.165, 1.54) is 24.3 Å². The SMILES string of the molecule is CC(CCN)CCCN(Cc1cccs1)C(C)C. The lowest BCUT2D eigenvalue weighted by Gasteiger charge is -2.26. The minimum absolute atomic E-state index is 0.622. The van der Waals surface area contributed by atoms with E-state index in [-0.39, 0.29) is 0 Å². The number of hydrogen-bond acceptors (Lipinski definition) is 3. The van der Waals surface area contributed by atoms with Gasteiger partial charge in [0.15, 0.2) is 0 Å². The van der Waals surface area contributed by atoms with Gasteiger partial charge in [0.1, 0.15) is 0 Å². The molecule has 0 aliphatic rings. The number of nitrogens with zero attached hydrogens (tertiary/aromatic N) is 1. The van der Waals surface area contributed by atoms with Crippen LogP contribution in [0, 0.1) is 5.92 Å². The molecule has 1 atom stereocenters. The molecule has 104 valence electrons. The highest BCUT2D eigenvalue weighted by molar-refractivity contribution is 7.09. The van der Waals surface area contributed by atoms with Crippen molar-refractivity contribution in [3.05, 3.63) is 22.4 Å². The van der Waals surface area contributed by atoms with Crippen molar-refractivity contribution in [2.75, 3.05) is 13.1 Å². The van der Waals surface area contributed by atoms with Crippen molar-refractivity contribution < 1.29 is 0 Å². The quantitative estimate of drug-likeness (QED) is 0.739. The fourth-order valence-corrected chi connectivity index (χ4v) is 2.92.